The Bertz CT molecular complexity index is 644. The van der Waals surface area contributed by atoms with Gasteiger partial charge in [-0.1, -0.05) is 30.3 Å². The molecular weight excluding hydrogens is 340 g/mol. The number of rotatable bonds is 4. The number of fused-ring (bicyclic) bond motifs is 1. The number of amidine groups is 1. The van der Waals surface area contributed by atoms with E-state index >= 15 is 0 Å². The van der Waals surface area contributed by atoms with Gasteiger partial charge in [-0.15, -0.1) is 0 Å². The van der Waals surface area contributed by atoms with Crippen LogP contribution in [0.3, 0.4) is 0 Å². The van der Waals surface area contributed by atoms with Gasteiger partial charge in [0.25, 0.3) is 0 Å². The topological polar surface area (TPSA) is 90.2 Å². The van der Waals surface area contributed by atoms with Crippen molar-refractivity contribution in [3.63, 3.8) is 0 Å². The van der Waals surface area contributed by atoms with Crippen molar-refractivity contribution >= 4 is 29.5 Å². The second-order valence-electron chi connectivity index (χ2n) is 5.74. The van der Waals surface area contributed by atoms with Crippen LogP contribution < -0.4 is 0 Å². The normalized spacial score (nSPS) is 22.0. The average Bonchev–Trinajstić information content (AvgIpc) is 3.05. The molecule has 2 heterocycles. The molecule has 2 aliphatic heterocycles. The van der Waals surface area contributed by atoms with Crippen LogP contribution >= 0.6 is 11.8 Å². The molecular formula is C18H22N2O4S. The van der Waals surface area contributed by atoms with E-state index in [2.05, 4.69) is 41.5 Å². The molecule has 0 aliphatic carbocycles. The van der Waals surface area contributed by atoms with Crippen molar-refractivity contribution in [2.75, 3.05) is 19.3 Å². The summed E-state index contributed by atoms with van der Waals surface area (Å²) in [6.07, 6.45) is 5.92. The lowest BCUT2D eigenvalue weighted by Gasteiger charge is -2.30. The van der Waals surface area contributed by atoms with Gasteiger partial charge in [-0.2, -0.15) is 11.8 Å². The number of nitrogens with zero attached hydrogens (tertiary/aromatic N) is 2. The van der Waals surface area contributed by atoms with Gasteiger partial charge in [-0.05, 0) is 24.7 Å². The molecule has 2 unspecified atom stereocenters. The Kier molecular flexibility index (Phi) is 7.06. The van der Waals surface area contributed by atoms with E-state index in [0.717, 1.165) is 6.54 Å². The zero-order valence-corrected chi connectivity index (χ0v) is 14.9. The van der Waals surface area contributed by atoms with Gasteiger partial charge in [0.2, 0.25) is 0 Å². The highest BCUT2D eigenvalue weighted by Gasteiger charge is 2.33. The number of benzene rings is 1. The first kappa shape index (κ1) is 19.1. The molecule has 0 spiro atoms. The van der Waals surface area contributed by atoms with Crippen molar-refractivity contribution in [1.29, 1.82) is 0 Å². The van der Waals surface area contributed by atoms with Crippen molar-refractivity contribution in [1.82, 2.24) is 4.90 Å². The number of hydrogen-bond acceptors (Lipinski definition) is 5. The summed E-state index contributed by atoms with van der Waals surface area (Å²) in [5.41, 5.74) is 1.36. The van der Waals surface area contributed by atoms with E-state index in [1.165, 1.54) is 30.8 Å². The predicted molar refractivity (Wildman–Crippen MR) is 99.1 cm³/mol. The number of carboxylic acid groups (broad SMARTS) is 2. The fraction of sp³-hybridized carbons (Fsp3) is 0.389. The summed E-state index contributed by atoms with van der Waals surface area (Å²) in [6.45, 7) is 2.27. The lowest BCUT2D eigenvalue weighted by atomic mass is 10.1. The van der Waals surface area contributed by atoms with Gasteiger partial charge >= 0.3 is 11.9 Å². The highest BCUT2D eigenvalue weighted by Crippen LogP contribution is 2.32. The maximum Gasteiger partial charge on any atom is 0.328 e. The van der Waals surface area contributed by atoms with Crippen LogP contribution in [0.2, 0.25) is 0 Å². The second-order valence-corrected chi connectivity index (χ2v) is 6.78. The number of piperidine rings is 1. The number of aliphatic carboxylic acids is 2. The zero-order valence-electron chi connectivity index (χ0n) is 14.0. The number of hydrogen-bond donors (Lipinski definition) is 2. The van der Waals surface area contributed by atoms with Gasteiger partial charge < -0.3 is 15.1 Å². The number of thioether (sulfide) groups is 1. The fourth-order valence-corrected chi connectivity index (χ4v) is 3.72. The molecule has 3 rings (SSSR count). The third-order valence-electron chi connectivity index (χ3n) is 4.03. The molecule has 0 bridgehead atoms. The summed E-state index contributed by atoms with van der Waals surface area (Å²) in [5, 5.41) is 16.2. The minimum absolute atomic E-state index is 0.360. The monoisotopic (exact) mass is 362 g/mol. The Morgan fingerprint density at radius 2 is 1.84 bits per heavy atom. The molecule has 6 nitrogen and oxygen atoms in total. The third-order valence-corrected chi connectivity index (χ3v) is 5.04. The SMILES string of the molecule is CSC1CCCN2CC(c3ccccc3)N=C12.O=C(O)C=CC(=O)O. The molecule has 0 radical (unpaired) electrons. The maximum atomic E-state index is 9.55. The highest BCUT2D eigenvalue weighted by atomic mass is 32.2. The van der Waals surface area contributed by atoms with E-state index in [4.69, 9.17) is 15.2 Å². The summed E-state index contributed by atoms with van der Waals surface area (Å²) in [7, 11) is 0. The largest absolute Gasteiger partial charge is 0.478 e. The van der Waals surface area contributed by atoms with E-state index in [9.17, 15) is 9.59 Å². The molecule has 0 saturated carbocycles. The molecule has 1 aromatic carbocycles. The van der Waals surface area contributed by atoms with Crippen LogP contribution in [0.5, 0.6) is 0 Å². The van der Waals surface area contributed by atoms with Crippen LogP contribution in [0, 0.1) is 0 Å². The van der Waals surface area contributed by atoms with Gasteiger partial charge in [0.05, 0.1) is 11.3 Å². The Labute approximate surface area is 151 Å². The lowest BCUT2D eigenvalue weighted by molar-refractivity contribution is -0.134. The minimum atomic E-state index is -1.26. The van der Waals surface area contributed by atoms with Crippen molar-refractivity contribution in [2.24, 2.45) is 4.99 Å². The Morgan fingerprint density at radius 3 is 2.40 bits per heavy atom. The lowest BCUT2D eigenvalue weighted by Crippen LogP contribution is -2.40. The first-order valence-electron chi connectivity index (χ1n) is 8.05. The molecule has 1 fully saturated rings. The van der Waals surface area contributed by atoms with E-state index in [0.29, 0.717) is 23.4 Å². The van der Waals surface area contributed by atoms with Gasteiger partial charge in [0.1, 0.15) is 5.84 Å². The van der Waals surface area contributed by atoms with E-state index in [1.807, 2.05) is 11.8 Å². The molecule has 7 heteroatoms. The number of carbonyl (C=O) groups is 2. The van der Waals surface area contributed by atoms with Crippen LogP contribution in [-0.4, -0.2) is 57.5 Å². The fourth-order valence-electron chi connectivity index (χ4n) is 2.89. The summed E-state index contributed by atoms with van der Waals surface area (Å²) < 4.78 is 0. The van der Waals surface area contributed by atoms with E-state index in [-0.39, 0.29) is 0 Å². The smallest absolute Gasteiger partial charge is 0.328 e. The van der Waals surface area contributed by atoms with Gasteiger partial charge in [-0.25, -0.2) is 9.59 Å². The van der Waals surface area contributed by atoms with Gasteiger partial charge in [-0.3, -0.25) is 4.99 Å². The summed E-state index contributed by atoms with van der Waals surface area (Å²) in [5.74, 6) is -1.17. The summed E-state index contributed by atoms with van der Waals surface area (Å²) in [4.78, 5) is 26.5. The minimum Gasteiger partial charge on any atom is -0.478 e. The molecule has 0 aromatic heterocycles. The molecule has 0 amide bonds. The summed E-state index contributed by atoms with van der Waals surface area (Å²) in [6, 6.07) is 11.0. The van der Waals surface area contributed by atoms with Crippen LogP contribution in [0.1, 0.15) is 24.4 Å². The molecule has 134 valence electrons. The molecule has 2 aliphatic rings. The van der Waals surface area contributed by atoms with E-state index < -0.39 is 11.9 Å². The molecule has 25 heavy (non-hydrogen) atoms. The first-order chi connectivity index (χ1) is 12.0. The van der Waals surface area contributed by atoms with Crippen molar-refractivity contribution < 1.29 is 19.8 Å². The van der Waals surface area contributed by atoms with Crippen LogP contribution in [-0.2, 0) is 9.59 Å². The highest BCUT2D eigenvalue weighted by molar-refractivity contribution is 7.99. The Morgan fingerprint density at radius 1 is 1.20 bits per heavy atom. The molecule has 2 N–H and O–H groups in total. The summed E-state index contributed by atoms with van der Waals surface area (Å²) >= 11 is 1.95. The zero-order chi connectivity index (χ0) is 18.2. The maximum absolute atomic E-state index is 9.55. The Balaban J connectivity index is 0.000000242. The van der Waals surface area contributed by atoms with Crippen LogP contribution in [0.25, 0.3) is 0 Å². The van der Waals surface area contributed by atoms with Gasteiger partial charge in [0, 0.05) is 25.2 Å². The third kappa shape index (κ3) is 5.63. The molecule has 1 saturated heterocycles. The van der Waals surface area contributed by atoms with Crippen molar-refractivity contribution in [2.45, 2.75) is 24.1 Å². The van der Waals surface area contributed by atoms with Gasteiger partial charge in [0.15, 0.2) is 0 Å². The Hall–Kier alpha value is -2.28. The first-order valence-corrected chi connectivity index (χ1v) is 9.34. The van der Waals surface area contributed by atoms with Crippen molar-refractivity contribution in [3.05, 3.63) is 48.0 Å². The second kappa shape index (κ2) is 9.27. The molecule has 2 atom stereocenters. The van der Waals surface area contributed by atoms with E-state index in [1.54, 1.807) is 0 Å². The quantitative estimate of drug-likeness (QED) is 0.801. The average molecular weight is 362 g/mol. The van der Waals surface area contributed by atoms with Crippen molar-refractivity contribution in [3.8, 4) is 0 Å². The number of aliphatic imine (C=N–C) groups is 1. The van der Waals surface area contributed by atoms with Crippen LogP contribution in [0.4, 0.5) is 0 Å². The van der Waals surface area contributed by atoms with Crippen LogP contribution in [0.15, 0.2) is 47.5 Å². The molecule has 1 aromatic rings. The number of carboxylic acids is 2. The predicted octanol–water partition coefficient (Wildman–Crippen LogP) is 2.68. The standard InChI is InChI=1S/C14H18N2S.C4H4O4/c1-17-13-8-5-9-16-10-12(15-14(13)16)11-6-3-2-4-7-11;5-3(6)1-2-4(7)8/h2-4,6-7,12-13H,5,8-10H2,1H3;1-2H,(H,5,6)(H,7,8).